The standard InChI is InChI=1S/C22H22BrN5O2/c1-12-5-8-17(13(2)9-12)27-21(29)19-14(3)26-22-24-11-25-28(22)20(19)16-7-6-15(23)10-18(16)30-4/h5-11,20H,1-4H3,(H,27,29)(H,24,25,26)/t20-/m0/s1. The van der Waals surface area contributed by atoms with Gasteiger partial charge in [0.15, 0.2) is 0 Å². The smallest absolute Gasteiger partial charge is 0.255 e. The number of ether oxygens (including phenoxy) is 1. The largest absolute Gasteiger partial charge is 0.496 e. The second kappa shape index (κ2) is 7.95. The van der Waals surface area contributed by atoms with Gasteiger partial charge in [-0.15, -0.1) is 0 Å². The number of rotatable bonds is 4. The van der Waals surface area contributed by atoms with E-state index in [0.29, 0.717) is 23.0 Å². The third kappa shape index (κ3) is 3.59. The minimum absolute atomic E-state index is 0.205. The van der Waals surface area contributed by atoms with Crippen molar-refractivity contribution < 1.29 is 9.53 Å². The number of aromatic nitrogens is 3. The number of benzene rings is 2. The van der Waals surface area contributed by atoms with Gasteiger partial charge in [0.25, 0.3) is 5.91 Å². The van der Waals surface area contributed by atoms with E-state index >= 15 is 0 Å². The average molecular weight is 468 g/mol. The molecule has 30 heavy (non-hydrogen) atoms. The molecule has 0 radical (unpaired) electrons. The summed E-state index contributed by atoms with van der Waals surface area (Å²) in [6, 6.07) is 11.2. The van der Waals surface area contributed by atoms with Gasteiger partial charge in [0.05, 0.1) is 12.7 Å². The van der Waals surface area contributed by atoms with Gasteiger partial charge in [-0.05, 0) is 44.5 Å². The third-order valence-electron chi connectivity index (χ3n) is 5.16. The van der Waals surface area contributed by atoms with Crippen LogP contribution in [0.5, 0.6) is 5.75 Å². The maximum absolute atomic E-state index is 13.5. The van der Waals surface area contributed by atoms with Crippen LogP contribution in [0.1, 0.15) is 29.7 Å². The Balaban J connectivity index is 1.81. The molecule has 8 heteroatoms. The van der Waals surface area contributed by atoms with Crippen molar-refractivity contribution >= 4 is 33.5 Å². The highest BCUT2D eigenvalue weighted by Crippen LogP contribution is 2.40. The predicted octanol–water partition coefficient (Wildman–Crippen LogP) is 4.59. The number of aryl methyl sites for hydroxylation is 2. The summed E-state index contributed by atoms with van der Waals surface area (Å²) in [6.45, 7) is 5.87. The highest BCUT2D eigenvalue weighted by Gasteiger charge is 2.35. The van der Waals surface area contributed by atoms with Crippen LogP contribution in [0.3, 0.4) is 0 Å². The second-order valence-electron chi connectivity index (χ2n) is 7.25. The minimum atomic E-state index is -0.488. The molecule has 1 aliphatic heterocycles. The van der Waals surface area contributed by atoms with E-state index in [1.165, 1.54) is 6.33 Å². The number of carbonyl (C=O) groups excluding carboxylic acids is 1. The second-order valence-corrected chi connectivity index (χ2v) is 8.17. The number of nitrogens with zero attached hydrogens (tertiary/aromatic N) is 3. The van der Waals surface area contributed by atoms with Crippen LogP contribution in [0.15, 0.2) is 58.5 Å². The SMILES string of the molecule is COc1cc(Br)ccc1[C@H]1C(C(=O)Nc2ccc(C)cc2C)=C(C)Nc2ncnn21. The van der Waals surface area contributed by atoms with Crippen LogP contribution in [0, 0.1) is 13.8 Å². The van der Waals surface area contributed by atoms with Crippen molar-refractivity contribution in [2.75, 3.05) is 17.7 Å². The summed E-state index contributed by atoms with van der Waals surface area (Å²) in [5.74, 6) is 1.02. The van der Waals surface area contributed by atoms with Gasteiger partial charge in [-0.2, -0.15) is 10.1 Å². The van der Waals surface area contributed by atoms with Crippen molar-refractivity contribution in [2.24, 2.45) is 0 Å². The number of methoxy groups -OCH3 is 1. The summed E-state index contributed by atoms with van der Waals surface area (Å²) in [4.78, 5) is 17.8. The number of anilines is 2. The van der Waals surface area contributed by atoms with Crippen molar-refractivity contribution in [1.82, 2.24) is 14.8 Å². The molecule has 0 unspecified atom stereocenters. The number of hydrogen-bond donors (Lipinski definition) is 2. The van der Waals surface area contributed by atoms with Gasteiger partial charge in [0.1, 0.15) is 18.1 Å². The maximum Gasteiger partial charge on any atom is 0.255 e. The van der Waals surface area contributed by atoms with E-state index in [-0.39, 0.29) is 5.91 Å². The quantitative estimate of drug-likeness (QED) is 0.586. The molecule has 1 amide bonds. The highest BCUT2D eigenvalue weighted by atomic mass is 79.9. The van der Waals surface area contributed by atoms with Crippen LogP contribution in [-0.4, -0.2) is 27.8 Å². The molecule has 2 aromatic carbocycles. The molecule has 1 atom stereocenters. The van der Waals surface area contributed by atoms with Gasteiger partial charge in [-0.1, -0.05) is 39.7 Å². The highest BCUT2D eigenvalue weighted by molar-refractivity contribution is 9.10. The lowest BCUT2D eigenvalue weighted by molar-refractivity contribution is -0.113. The van der Waals surface area contributed by atoms with E-state index in [1.54, 1.807) is 11.8 Å². The monoisotopic (exact) mass is 467 g/mol. The van der Waals surface area contributed by atoms with Crippen molar-refractivity contribution in [3.8, 4) is 5.75 Å². The zero-order valence-corrected chi connectivity index (χ0v) is 18.7. The first-order chi connectivity index (χ1) is 14.4. The van der Waals surface area contributed by atoms with Crippen molar-refractivity contribution in [1.29, 1.82) is 0 Å². The molecule has 0 fully saturated rings. The molecular weight excluding hydrogens is 446 g/mol. The molecule has 3 aromatic rings. The summed E-state index contributed by atoms with van der Waals surface area (Å²) in [5.41, 5.74) is 5.01. The molecule has 1 aromatic heterocycles. The molecule has 0 aliphatic carbocycles. The van der Waals surface area contributed by atoms with Gasteiger partial charge in [0.2, 0.25) is 5.95 Å². The number of nitrogens with one attached hydrogen (secondary N) is 2. The molecule has 0 bridgehead atoms. The maximum atomic E-state index is 13.5. The number of carbonyl (C=O) groups is 1. The first kappa shape index (κ1) is 20.2. The van der Waals surface area contributed by atoms with E-state index in [4.69, 9.17) is 4.74 Å². The molecule has 154 valence electrons. The summed E-state index contributed by atoms with van der Waals surface area (Å²) < 4.78 is 8.21. The first-order valence-electron chi connectivity index (χ1n) is 9.48. The van der Waals surface area contributed by atoms with E-state index in [9.17, 15) is 4.79 Å². The summed E-state index contributed by atoms with van der Waals surface area (Å²) >= 11 is 3.48. The van der Waals surface area contributed by atoms with Crippen molar-refractivity contribution in [3.63, 3.8) is 0 Å². The minimum Gasteiger partial charge on any atom is -0.496 e. The Labute approximate surface area is 183 Å². The molecule has 1 aliphatic rings. The van der Waals surface area contributed by atoms with Gasteiger partial charge in [-0.25, -0.2) is 4.68 Å². The van der Waals surface area contributed by atoms with Gasteiger partial charge in [0, 0.05) is 21.4 Å². The van der Waals surface area contributed by atoms with E-state index < -0.39 is 6.04 Å². The zero-order valence-electron chi connectivity index (χ0n) is 17.2. The lowest BCUT2D eigenvalue weighted by Crippen LogP contribution is -2.31. The lowest BCUT2D eigenvalue weighted by atomic mass is 9.94. The van der Waals surface area contributed by atoms with Gasteiger partial charge >= 0.3 is 0 Å². The number of allylic oxidation sites excluding steroid dienone is 1. The van der Waals surface area contributed by atoms with E-state index in [2.05, 4.69) is 36.6 Å². The Morgan fingerprint density at radius 3 is 2.73 bits per heavy atom. The molecule has 7 nitrogen and oxygen atoms in total. The fourth-order valence-corrected chi connectivity index (χ4v) is 4.07. The van der Waals surface area contributed by atoms with Crippen LogP contribution in [0.25, 0.3) is 0 Å². The molecule has 0 spiro atoms. The number of hydrogen-bond acceptors (Lipinski definition) is 5. The first-order valence-corrected chi connectivity index (χ1v) is 10.3. The zero-order chi connectivity index (χ0) is 21.4. The Kier molecular flexibility index (Phi) is 5.34. The molecular formula is C22H22BrN5O2. The number of fused-ring (bicyclic) bond motifs is 1. The van der Waals surface area contributed by atoms with E-state index in [0.717, 1.165) is 26.9 Å². The molecule has 0 saturated carbocycles. The van der Waals surface area contributed by atoms with E-state index in [1.807, 2.05) is 57.2 Å². The molecule has 4 rings (SSSR count). The Morgan fingerprint density at radius 2 is 2.00 bits per heavy atom. The Bertz CT molecular complexity index is 1170. The van der Waals surface area contributed by atoms with Crippen LogP contribution < -0.4 is 15.4 Å². The molecule has 0 saturated heterocycles. The fourth-order valence-electron chi connectivity index (χ4n) is 3.73. The van der Waals surface area contributed by atoms with Crippen LogP contribution >= 0.6 is 15.9 Å². The Morgan fingerprint density at radius 1 is 1.20 bits per heavy atom. The molecule has 2 heterocycles. The lowest BCUT2D eigenvalue weighted by Gasteiger charge is -2.29. The van der Waals surface area contributed by atoms with Crippen LogP contribution in [0.4, 0.5) is 11.6 Å². The number of halogens is 1. The average Bonchev–Trinajstić information content (AvgIpc) is 3.17. The van der Waals surface area contributed by atoms with Crippen LogP contribution in [0.2, 0.25) is 0 Å². The van der Waals surface area contributed by atoms with Gasteiger partial charge in [-0.3, -0.25) is 4.79 Å². The van der Waals surface area contributed by atoms with Crippen molar-refractivity contribution in [3.05, 3.63) is 75.2 Å². The van der Waals surface area contributed by atoms with Gasteiger partial charge < -0.3 is 15.4 Å². The summed E-state index contributed by atoms with van der Waals surface area (Å²) in [7, 11) is 1.61. The summed E-state index contributed by atoms with van der Waals surface area (Å²) in [5, 5.41) is 10.6. The number of amides is 1. The molecule has 2 N–H and O–H groups in total. The topological polar surface area (TPSA) is 81.1 Å². The predicted molar refractivity (Wildman–Crippen MR) is 120 cm³/mol. The van der Waals surface area contributed by atoms with Crippen LogP contribution in [-0.2, 0) is 4.79 Å². The Hall–Kier alpha value is -3.13. The summed E-state index contributed by atoms with van der Waals surface area (Å²) in [6.07, 6.45) is 1.47. The third-order valence-corrected chi connectivity index (χ3v) is 5.65. The normalized spacial score (nSPS) is 15.4. The fraction of sp³-hybridized carbons (Fsp3) is 0.227. The van der Waals surface area contributed by atoms with Crippen molar-refractivity contribution in [2.45, 2.75) is 26.8 Å².